The SMILES string of the molecule is CCCC(C)C(CNCCOC)Cc1ccc(F)cc1. The second-order valence-electron chi connectivity index (χ2n) is 5.55. The van der Waals surface area contributed by atoms with E-state index in [4.69, 9.17) is 4.74 Å². The van der Waals surface area contributed by atoms with Gasteiger partial charge in [0, 0.05) is 13.7 Å². The first-order chi connectivity index (χ1) is 9.67. The van der Waals surface area contributed by atoms with E-state index in [-0.39, 0.29) is 5.82 Å². The summed E-state index contributed by atoms with van der Waals surface area (Å²) in [6, 6.07) is 6.90. The molecule has 2 nitrogen and oxygen atoms in total. The largest absolute Gasteiger partial charge is 0.383 e. The highest BCUT2D eigenvalue weighted by Crippen LogP contribution is 2.21. The number of nitrogens with one attached hydrogen (secondary N) is 1. The molecule has 1 aromatic rings. The van der Waals surface area contributed by atoms with Gasteiger partial charge in [0.1, 0.15) is 5.82 Å². The van der Waals surface area contributed by atoms with Gasteiger partial charge in [-0.3, -0.25) is 0 Å². The molecule has 0 aliphatic rings. The summed E-state index contributed by atoms with van der Waals surface area (Å²) in [5.41, 5.74) is 1.22. The summed E-state index contributed by atoms with van der Waals surface area (Å²) in [5, 5.41) is 3.46. The van der Waals surface area contributed by atoms with Gasteiger partial charge in [-0.25, -0.2) is 4.39 Å². The summed E-state index contributed by atoms with van der Waals surface area (Å²) in [4.78, 5) is 0. The topological polar surface area (TPSA) is 21.3 Å². The van der Waals surface area contributed by atoms with E-state index in [2.05, 4.69) is 19.2 Å². The van der Waals surface area contributed by atoms with Crippen LogP contribution in [0.25, 0.3) is 0 Å². The van der Waals surface area contributed by atoms with Crippen molar-refractivity contribution in [1.82, 2.24) is 5.32 Å². The molecule has 0 amide bonds. The summed E-state index contributed by atoms with van der Waals surface area (Å²) in [5.74, 6) is 1.09. The minimum Gasteiger partial charge on any atom is -0.383 e. The number of methoxy groups -OCH3 is 1. The Morgan fingerprint density at radius 1 is 1.25 bits per heavy atom. The lowest BCUT2D eigenvalue weighted by atomic mass is 9.85. The summed E-state index contributed by atoms with van der Waals surface area (Å²) >= 11 is 0. The minimum absolute atomic E-state index is 0.162. The van der Waals surface area contributed by atoms with Crippen LogP contribution in [-0.4, -0.2) is 26.8 Å². The maximum Gasteiger partial charge on any atom is 0.123 e. The average Bonchev–Trinajstić information content (AvgIpc) is 2.44. The second kappa shape index (κ2) is 9.89. The van der Waals surface area contributed by atoms with Gasteiger partial charge in [-0.05, 0) is 42.5 Å². The normalized spacial score (nSPS) is 14.2. The Balaban J connectivity index is 2.54. The van der Waals surface area contributed by atoms with Crippen LogP contribution in [0.5, 0.6) is 0 Å². The molecule has 1 rings (SSSR count). The van der Waals surface area contributed by atoms with Crippen LogP contribution in [0.15, 0.2) is 24.3 Å². The van der Waals surface area contributed by atoms with Crippen molar-refractivity contribution in [2.75, 3.05) is 26.8 Å². The van der Waals surface area contributed by atoms with Crippen LogP contribution < -0.4 is 5.32 Å². The van der Waals surface area contributed by atoms with Gasteiger partial charge in [0.2, 0.25) is 0 Å². The fourth-order valence-electron chi connectivity index (χ4n) is 2.55. The van der Waals surface area contributed by atoms with Gasteiger partial charge in [0.15, 0.2) is 0 Å². The van der Waals surface area contributed by atoms with Crippen molar-refractivity contribution in [3.05, 3.63) is 35.6 Å². The van der Waals surface area contributed by atoms with E-state index in [0.717, 1.165) is 26.1 Å². The molecule has 20 heavy (non-hydrogen) atoms. The van der Waals surface area contributed by atoms with E-state index >= 15 is 0 Å². The smallest absolute Gasteiger partial charge is 0.123 e. The van der Waals surface area contributed by atoms with Gasteiger partial charge >= 0.3 is 0 Å². The molecule has 1 N–H and O–H groups in total. The monoisotopic (exact) mass is 281 g/mol. The zero-order valence-electron chi connectivity index (χ0n) is 13.0. The maximum atomic E-state index is 13.0. The third-order valence-electron chi connectivity index (χ3n) is 3.85. The van der Waals surface area contributed by atoms with Gasteiger partial charge in [-0.15, -0.1) is 0 Å². The first kappa shape index (κ1) is 17.1. The Morgan fingerprint density at radius 2 is 1.95 bits per heavy atom. The van der Waals surface area contributed by atoms with E-state index in [9.17, 15) is 4.39 Å². The lowest BCUT2D eigenvalue weighted by molar-refractivity contribution is 0.195. The summed E-state index contributed by atoms with van der Waals surface area (Å²) < 4.78 is 18.0. The Hall–Kier alpha value is -0.930. The predicted molar refractivity (Wildman–Crippen MR) is 82.4 cm³/mol. The molecule has 0 aliphatic carbocycles. The quantitative estimate of drug-likeness (QED) is 0.661. The van der Waals surface area contributed by atoms with E-state index in [1.165, 1.54) is 18.4 Å². The van der Waals surface area contributed by atoms with Crippen molar-refractivity contribution in [3.8, 4) is 0 Å². The van der Waals surface area contributed by atoms with Crippen molar-refractivity contribution in [1.29, 1.82) is 0 Å². The summed E-state index contributed by atoms with van der Waals surface area (Å²) in [6.45, 7) is 7.15. The van der Waals surface area contributed by atoms with E-state index in [0.29, 0.717) is 11.8 Å². The van der Waals surface area contributed by atoms with Crippen molar-refractivity contribution < 1.29 is 9.13 Å². The highest BCUT2D eigenvalue weighted by Gasteiger charge is 2.17. The Morgan fingerprint density at radius 3 is 2.55 bits per heavy atom. The van der Waals surface area contributed by atoms with Crippen LogP contribution in [0.1, 0.15) is 32.3 Å². The molecule has 0 aromatic heterocycles. The first-order valence-electron chi connectivity index (χ1n) is 7.61. The molecular formula is C17H28FNO. The van der Waals surface area contributed by atoms with Gasteiger partial charge in [-0.2, -0.15) is 0 Å². The first-order valence-corrected chi connectivity index (χ1v) is 7.61. The highest BCUT2D eigenvalue weighted by atomic mass is 19.1. The van der Waals surface area contributed by atoms with Crippen molar-refractivity contribution in [2.24, 2.45) is 11.8 Å². The number of hydrogen-bond acceptors (Lipinski definition) is 2. The molecule has 1 aromatic carbocycles. The summed E-state index contributed by atoms with van der Waals surface area (Å²) in [7, 11) is 1.72. The number of halogens is 1. The molecule has 0 heterocycles. The fourth-order valence-corrected chi connectivity index (χ4v) is 2.55. The average molecular weight is 281 g/mol. The third kappa shape index (κ3) is 6.49. The lowest BCUT2D eigenvalue weighted by Gasteiger charge is -2.24. The van der Waals surface area contributed by atoms with Crippen LogP contribution in [-0.2, 0) is 11.2 Å². The Bertz CT molecular complexity index is 353. The maximum absolute atomic E-state index is 13.0. The molecule has 2 atom stereocenters. The molecule has 0 saturated carbocycles. The van der Waals surface area contributed by atoms with Crippen molar-refractivity contribution in [3.63, 3.8) is 0 Å². The molecule has 0 bridgehead atoms. The lowest BCUT2D eigenvalue weighted by Crippen LogP contribution is -2.31. The number of ether oxygens (including phenoxy) is 1. The molecular weight excluding hydrogens is 253 g/mol. The molecule has 0 radical (unpaired) electrons. The standard InChI is InChI=1S/C17H28FNO/c1-4-5-14(2)16(13-19-10-11-20-3)12-15-6-8-17(18)9-7-15/h6-9,14,16,19H,4-5,10-13H2,1-3H3. The number of benzene rings is 1. The van der Waals surface area contributed by atoms with Gasteiger partial charge < -0.3 is 10.1 Å². The molecule has 0 fully saturated rings. The Labute approximate surface area is 122 Å². The molecule has 0 aliphatic heterocycles. The van der Waals surface area contributed by atoms with Gasteiger partial charge in [-0.1, -0.05) is 38.8 Å². The number of hydrogen-bond donors (Lipinski definition) is 1. The summed E-state index contributed by atoms with van der Waals surface area (Å²) in [6.07, 6.45) is 3.44. The predicted octanol–water partition coefficient (Wildman–Crippen LogP) is 3.66. The van der Waals surface area contributed by atoms with E-state index in [1.54, 1.807) is 19.2 Å². The molecule has 0 spiro atoms. The zero-order valence-corrected chi connectivity index (χ0v) is 13.0. The van der Waals surface area contributed by atoms with Crippen molar-refractivity contribution >= 4 is 0 Å². The minimum atomic E-state index is -0.162. The van der Waals surface area contributed by atoms with Crippen molar-refractivity contribution in [2.45, 2.75) is 33.1 Å². The highest BCUT2D eigenvalue weighted by molar-refractivity contribution is 5.16. The third-order valence-corrected chi connectivity index (χ3v) is 3.85. The molecule has 0 saturated heterocycles. The molecule has 114 valence electrons. The second-order valence-corrected chi connectivity index (χ2v) is 5.55. The zero-order chi connectivity index (χ0) is 14.8. The van der Waals surface area contributed by atoms with Crippen LogP contribution >= 0.6 is 0 Å². The number of rotatable bonds is 10. The van der Waals surface area contributed by atoms with Gasteiger partial charge in [0.05, 0.1) is 6.61 Å². The van der Waals surface area contributed by atoms with Crippen LogP contribution in [0, 0.1) is 17.7 Å². The fraction of sp³-hybridized carbons (Fsp3) is 0.647. The van der Waals surface area contributed by atoms with E-state index in [1.807, 2.05) is 12.1 Å². The molecule has 2 unspecified atom stereocenters. The van der Waals surface area contributed by atoms with E-state index < -0.39 is 0 Å². The van der Waals surface area contributed by atoms with Crippen LogP contribution in [0.4, 0.5) is 4.39 Å². The molecule has 3 heteroatoms. The van der Waals surface area contributed by atoms with Crippen LogP contribution in [0.2, 0.25) is 0 Å². The Kier molecular flexibility index (Phi) is 8.47. The van der Waals surface area contributed by atoms with Crippen LogP contribution in [0.3, 0.4) is 0 Å². The van der Waals surface area contributed by atoms with Gasteiger partial charge in [0.25, 0.3) is 0 Å².